The average molecular weight is 322 g/mol. The van der Waals surface area contributed by atoms with Crippen molar-refractivity contribution in [1.29, 1.82) is 0 Å². The fourth-order valence-electron chi connectivity index (χ4n) is 2.23. The molecule has 1 aliphatic heterocycles. The first-order chi connectivity index (χ1) is 9.20. The Hall–Kier alpha value is -0.850. The number of amides is 2. The molecule has 0 aliphatic carbocycles. The number of methoxy groups -OCH3 is 1. The van der Waals surface area contributed by atoms with E-state index < -0.39 is 11.6 Å². The standard InChI is InChI=1S/C14H27N3O3.ClH/c1-10(11(18)17-13(2,3)4)16-12(19)14(20-5)6-8-15-9-7-14;/h10,15H,6-9H2,1-5H3,(H,16,19)(H,17,18);1H. The average Bonchev–Trinajstić information content (AvgIpc) is 2.37. The second-order valence-corrected chi connectivity index (χ2v) is 6.38. The Morgan fingerprint density at radius 3 is 2.19 bits per heavy atom. The highest BCUT2D eigenvalue weighted by molar-refractivity contribution is 5.91. The third-order valence-corrected chi connectivity index (χ3v) is 3.45. The molecule has 0 aromatic heterocycles. The molecular formula is C14H28ClN3O3. The van der Waals surface area contributed by atoms with Gasteiger partial charge in [0.2, 0.25) is 5.91 Å². The van der Waals surface area contributed by atoms with Gasteiger partial charge in [0.05, 0.1) is 0 Å². The van der Waals surface area contributed by atoms with E-state index in [0.29, 0.717) is 12.8 Å². The van der Waals surface area contributed by atoms with Crippen molar-refractivity contribution in [3.05, 3.63) is 0 Å². The Bertz CT molecular complexity index is 363. The van der Waals surface area contributed by atoms with E-state index in [-0.39, 0.29) is 29.8 Å². The van der Waals surface area contributed by atoms with Crippen molar-refractivity contribution in [2.45, 2.75) is 57.7 Å². The summed E-state index contributed by atoms with van der Waals surface area (Å²) in [6.07, 6.45) is 1.23. The lowest BCUT2D eigenvalue weighted by Crippen LogP contribution is -2.58. The molecule has 1 aliphatic rings. The number of carbonyl (C=O) groups excluding carboxylic acids is 2. The summed E-state index contributed by atoms with van der Waals surface area (Å²) in [5.41, 5.74) is -1.13. The van der Waals surface area contributed by atoms with E-state index in [1.807, 2.05) is 20.8 Å². The molecule has 1 saturated heterocycles. The third-order valence-electron chi connectivity index (χ3n) is 3.45. The van der Waals surface area contributed by atoms with Gasteiger partial charge in [-0.3, -0.25) is 9.59 Å². The summed E-state index contributed by atoms with van der Waals surface area (Å²) in [5.74, 6) is -0.399. The van der Waals surface area contributed by atoms with Gasteiger partial charge in [-0.25, -0.2) is 0 Å². The zero-order valence-electron chi connectivity index (χ0n) is 13.5. The van der Waals surface area contributed by atoms with Crippen LogP contribution in [0.1, 0.15) is 40.5 Å². The zero-order chi connectivity index (χ0) is 15.4. The second kappa shape index (κ2) is 7.96. The fourth-order valence-corrected chi connectivity index (χ4v) is 2.23. The summed E-state index contributed by atoms with van der Waals surface area (Å²) < 4.78 is 5.44. The quantitative estimate of drug-likeness (QED) is 0.708. The van der Waals surface area contributed by atoms with Gasteiger partial charge in [-0.15, -0.1) is 12.4 Å². The van der Waals surface area contributed by atoms with E-state index in [4.69, 9.17) is 4.74 Å². The minimum absolute atomic E-state index is 0. The van der Waals surface area contributed by atoms with E-state index in [0.717, 1.165) is 13.1 Å². The molecule has 1 heterocycles. The van der Waals surface area contributed by atoms with Gasteiger partial charge in [0.15, 0.2) is 0 Å². The molecule has 1 atom stereocenters. The predicted octanol–water partition coefficient (Wildman–Crippen LogP) is 0.596. The molecule has 7 heteroatoms. The van der Waals surface area contributed by atoms with Crippen molar-refractivity contribution < 1.29 is 14.3 Å². The van der Waals surface area contributed by atoms with Crippen LogP contribution in [0.3, 0.4) is 0 Å². The SMILES string of the molecule is COC1(C(=O)NC(C)C(=O)NC(C)(C)C)CCNCC1.Cl. The van der Waals surface area contributed by atoms with Crippen molar-refractivity contribution in [2.24, 2.45) is 0 Å². The van der Waals surface area contributed by atoms with Gasteiger partial charge in [-0.1, -0.05) is 0 Å². The molecule has 1 fully saturated rings. The van der Waals surface area contributed by atoms with Gasteiger partial charge in [-0.2, -0.15) is 0 Å². The topological polar surface area (TPSA) is 79.5 Å². The lowest BCUT2D eigenvalue weighted by Gasteiger charge is -2.35. The molecule has 21 heavy (non-hydrogen) atoms. The Morgan fingerprint density at radius 1 is 1.24 bits per heavy atom. The van der Waals surface area contributed by atoms with Crippen molar-refractivity contribution in [3.63, 3.8) is 0 Å². The number of nitrogens with one attached hydrogen (secondary N) is 3. The number of rotatable bonds is 4. The van der Waals surface area contributed by atoms with E-state index in [2.05, 4.69) is 16.0 Å². The normalized spacial score (nSPS) is 19.1. The van der Waals surface area contributed by atoms with Crippen LogP contribution < -0.4 is 16.0 Å². The molecule has 0 saturated carbocycles. The van der Waals surface area contributed by atoms with Crippen molar-refractivity contribution in [2.75, 3.05) is 20.2 Å². The number of ether oxygens (including phenoxy) is 1. The minimum Gasteiger partial charge on any atom is -0.368 e. The van der Waals surface area contributed by atoms with Crippen LogP contribution in [0.25, 0.3) is 0 Å². The second-order valence-electron chi connectivity index (χ2n) is 6.38. The summed E-state index contributed by atoms with van der Waals surface area (Å²) in [5, 5.41) is 8.81. The van der Waals surface area contributed by atoms with E-state index in [1.54, 1.807) is 14.0 Å². The number of hydrogen-bond acceptors (Lipinski definition) is 4. The van der Waals surface area contributed by atoms with E-state index >= 15 is 0 Å². The maximum absolute atomic E-state index is 12.4. The van der Waals surface area contributed by atoms with Crippen LogP contribution in [0.15, 0.2) is 0 Å². The van der Waals surface area contributed by atoms with Gasteiger partial charge in [0.1, 0.15) is 11.6 Å². The first-order valence-electron chi connectivity index (χ1n) is 7.09. The maximum atomic E-state index is 12.4. The van der Waals surface area contributed by atoms with Crippen LogP contribution in [-0.2, 0) is 14.3 Å². The highest BCUT2D eigenvalue weighted by atomic mass is 35.5. The predicted molar refractivity (Wildman–Crippen MR) is 84.6 cm³/mol. The Balaban J connectivity index is 0.00000400. The fraction of sp³-hybridized carbons (Fsp3) is 0.857. The largest absolute Gasteiger partial charge is 0.368 e. The van der Waals surface area contributed by atoms with Gasteiger partial charge in [-0.05, 0) is 53.6 Å². The highest BCUT2D eigenvalue weighted by Gasteiger charge is 2.40. The molecule has 1 rings (SSSR count). The smallest absolute Gasteiger partial charge is 0.252 e. The monoisotopic (exact) mass is 321 g/mol. The first kappa shape index (κ1) is 20.1. The van der Waals surface area contributed by atoms with Crippen LogP contribution in [0.2, 0.25) is 0 Å². The molecule has 2 amide bonds. The maximum Gasteiger partial charge on any atom is 0.252 e. The summed E-state index contributed by atoms with van der Waals surface area (Å²) in [6.45, 7) is 8.88. The molecule has 124 valence electrons. The molecule has 0 spiro atoms. The molecular weight excluding hydrogens is 294 g/mol. The van der Waals surface area contributed by atoms with Crippen LogP contribution in [0.4, 0.5) is 0 Å². The molecule has 1 unspecified atom stereocenters. The van der Waals surface area contributed by atoms with Crippen LogP contribution in [0.5, 0.6) is 0 Å². The van der Waals surface area contributed by atoms with Crippen molar-refractivity contribution in [1.82, 2.24) is 16.0 Å². The number of halogens is 1. The van der Waals surface area contributed by atoms with Gasteiger partial charge < -0.3 is 20.7 Å². The van der Waals surface area contributed by atoms with Crippen LogP contribution >= 0.6 is 12.4 Å². The lowest BCUT2D eigenvalue weighted by atomic mass is 9.91. The van der Waals surface area contributed by atoms with Crippen molar-refractivity contribution in [3.8, 4) is 0 Å². The number of hydrogen-bond donors (Lipinski definition) is 3. The number of carbonyl (C=O) groups is 2. The van der Waals surface area contributed by atoms with E-state index in [9.17, 15) is 9.59 Å². The van der Waals surface area contributed by atoms with Crippen molar-refractivity contribution >= 4 is 24.2 Å². The summed E-state index contributed by atoms with van der Waals surface area (Å²) in [6, 6.07) is -0.580. The highest BCUT2D eigenvalue weighted by Crippen LogP contribution is 2.22. The molecule has 0 bridgehead atoms. The van der Waals surface area contributed by atoms with Crippen LogP contribution in [-0.4, -0.2) is 49.2 Å². The lowest BCUT2D eigenvalue weighted by molar-refractivity contribution is -0.148. The molecule has 0 radical (unpaired) electrons. The van der Waals surface area contributed by atoms with Gasteiger partial charge >= 0.3 is 0 Å². The molecule has 6 nitrogen and oxygen atoms in total. The Kier molecular flexibility index (Phi) is 7.64. The summed E-state index contributed by atoms with van der Waals surface area (Å²) in [7, 11) is 1.55. The first-order valence-corrected chi connectivity index (χ1v) is 7.09. The zero-order valence-corrected chi connectivity index (χ0v) is 14.4. The Morgan fingerprint density at radius 2 is 1.76 bits per heavy atom. The Labute approximate surface area is 133 Å². The molecule has 0 aromatic rings. The number of piperidine rings is 1. The third kappa shape index (κ3) is 5.80. The summed E-state index contributed by atoms with van der Waals surface area (Å²) >= 11 is 0. The van der Waals surface area contributed by atoms with Gasteiger partial charge in [0, 0.05) is 12.6 Å². The molecule has 0 aromatic carbocycles. The van der Waals surface area contributed by atoms with Gasteiger partial charge in [0.25, 0.3) is 5.91 Å². The molecule has 3 N–H and O–H groups in total. The summed E-state index contributed by atoms with van der Waals surface area (Å²) in [4.78, 5) is 24.4. The van der Waals surface area contributed by atoms with E-state index in [1.165, 1.54) is 0 Å². The minimum atomic E-state index is -0.818. The van der Waals surface area contributed by atoms with Crippen LogP contribution in [0, 0.1) is 0 Å².